The van der Waals surface area contributed by atoms with Gasteiger partial charge in [-0.3, -0.25) is 4.79 Å². The van der Waals surface area contributed by atoms with Gasteiger partial charge in [-0.1, -0.05) is 12.1 Å². The van der Waals surface area contributed by atoms with Gasteiger partial charge in [-0.05, 0) is 12.1 Å². The molecule has 0 fully saturated rings. The third kappa shape index (κ3) is 2.00. The molecule has 1 aliphatic rings. The summed E-state index contributed by atoms with van der Waals surface area (Å²) in [6.07, 6.45) is -4.54. The Kier molecular flexibility index (Phi) is 2.92. The molecular weight excluding hydrogens is 315 g/mol. The minimum atomic E-state index is -4.54. The summed E-state index contributed by atoms with van der Waals surface area (Å²) in [4.78, 5) is 11.1. The van der Waals surface area contributed by atoms with E-state index in [0.29, 0.717) is 5.69 Å². The largest absolute Gasteiger partial charge is 0.442 e. The number of alkyl halides is 3. The highest BCUT2D eigenvalue weighted by Crippen LogP contribution is 2.52. The van der Waals surface area contributed by atoms with Crippen molar-refractivity contribution in [3.63, 3.8) is 0 Å². The highest BCUT2D eigenvalue weighted by atomic mass is 79.9. The number of nitrogens with zero attached hydrogens (tertiary/aromatic N) is 3. The molecule has 0 spiro atoms. The van der Waals surface area contributed by atoms with Crippen molar-refractivity contribution in [2.45, 2.75) is 18.8 Å². The molecule has 1 amide bonds. The maximum absolute atomic E-state index is 12.7. The fraction of sp³-hybridized carbons (Fsp3) is 0.300. The van der Waals surface area contributed by atoms with Gasteiger partial charge in [-0.2, -0.15) is 13.2 Å². The van der Waals surface area contributed by atoms with Gasteiger partial charge in [0.2, 0.25) is 5.91 Å². The second-order valence-corrected chi connectivity index (χ2v) is 4.43. The molecule has 0 N–H and O–H groups in total. The van der Waals surface area contributed by atoms with Crippen molar-refractivity contribution >= 4 is 27.7 Å². The van der Waals surface area contributed by atoms with Crippen LogP contribution in [0.2, 0.25) is 0 Å². The molecule has 96 valence electrons. The first-order valence-electron chi connectivity index (χ1n) is 4.86. The van der Waals surface area contributed by atoms with Gasteiger partial charge >= 0.3 is 11.8 Å². The first kappa shape index (κ1) is 13.0. The van der Waals surface area contributed by atoms with Gasteiger partial charge < -0.3 is 0 Å². The summed E-state index contributed by atoms with van der Waals surface area (Å²) in [6, 6.07) is 5.28. The monoisotopic (exact) mass is 321 g/mol. The smallest absolute Gasteiger partial charge is 0.274 e. The quantitative estimate of drug-likeness (QED) is 0.768. The summed E-state index contributed by atoms with van der Waals surface area (Å²) in [5.41, 5.74) is -2.05. The summed E-state index contributed by atoms with van der Waals surface area (Å²) in [7, 11) is 0. The number of hydrogen-bond donors (Lipinski definition) is 0. The Balaban J connectivity index is 2.27. The predicted molar refractivity (Wildman–Crippen MR) is 61.1 cm³/mol. The molecule has 1 heterocycles. The highest BCUT2D eigenvalue weighted by Gasteiger charge is 2.65. The number of amides is 1. The Labute approximate surface area is 109 Å². The van der Waals surface area contributed by atoms with Gasteiger partial charge in [0.15, 0.2) is 0 Å². The lowest BCUT2D eigenvalue weighted by atomic mass is 10.0. The van der Waals surface area contributed by atoms with Crippen LogP contribution in [0.4, 0.5) is 18.9 Å². The van der Waals surface area contributed by atoms with Crippen LogP contribution in [0.1, 0.15) is 12.5 Å². The van der Waals surface area contributed by atoms with E-state index in [9.17, 15) is 18.0 Å². The Morgan fingerprint density at radius 1 is 1.28 bits per heavy atom. The molecule has 8 heteroatoms. The molecule has 0 radical (unpaired) electrons. The summed E-state index contributed by atoms with van der Waals surface area (Å²) in [6.45, 7) is 1.32. The number of rotatable bonds is 2. The molecule has 4 nitrogen and oxygen atoms in total. The highest BCUT2D eigenvalue weighted by molar-refractivity contribution is 9.10. The molecule has 0 aromatic heterocycles. The maximum Gasteiger partial charge on any atom is 0.442 e. The van der Waals surface area contributed by atoms with E-state index in [0.717, 1.165) is 3.93 Å². The maximum atomic E-state index is 12.7. The van der Waals surface area contributed by atoms with Gasteiger partial charge in [-0.15, -0.1) is 10.2 Å². The molecule has 1 aliphatic heterocycles. The Morgan fingerprint density at radius 3 is 2.11 bits per heavy atom. The molecule has 0 atom stereocenters. The topological polar surface area (TPSA) is 45.0 Å². The van der Waals surface area contributed by atoms with Crippen molar-refractivity contribution in [1.82, 2.24) is 0 Å². The summed E-state index contributed by atoms with van der Waals surface area (Å²) in [5, 5.41) is 6.19. The fourth-order valence-electron chi connectivity index (χ4n) is 1.45. The van der Waals surface area contributed by atoms with Crippen LogP contribution in [-0.4, -0.2) is 12.1 Å². The second-order valence-electron chi connectivity index (χ2n) is 3.72. The molecule has 18 heavy (non-hydrogen) atoms. The SMILES string of the molecule is CC(=O)N(Br)c1ccc(C2(C(F)(F)F)N=N2)cc1. The van der Waals surface area contributed by atoms with Crippen molar-refractivity contribution in [3.8, 4) is 0 Å². The van der Waals surface area contributed by atoms with Crippen LogP contribution in [0.25, 0.3) is 0 Å². The van der Waals surface area contributed by atoms with Crippen LogP contribution in [-0.2, 0) is 10.5 Å². The summed E-state index contributed by atoms with van der Waals surface area (Å²) >= 11 is 3.00. The zero-order valence-electron chi connectivity index (χ0n) is 9.07. The minimum Gasteiger partial charge on any atom is -0.274 e. The van der Waals surface area contributed by atoms with Crippen LogP contribution >= 0.6 is 16.1 Å². The van der Waals surface area contributed by atoms with Crippen LogP contribution in [0.15, 0.2) is 34.5 Å². The van der Waals surface area contributed by atoms with Crippen molar-refractivity contribution in [3.05, 3.63) is 29.8 Å². The van der Waals surface area contributed by atoms with Gasteiger partial charge in [0.1, 0.15) is 0 Å². The van der Waals surface area contributed by atoms with Crippen molar-refractivity contribution in [2.75, 3.05) is 3.93 Å². The molecule has 0 saturated heterocycles. The van der Waals surface area contributed by atoms with E-state index in [1.165, 1.54) is 31.2 Å². The minimum absolute atomic E-state index is 0.0665. The van der Waals surface area contributed by atoms with Crippen LogP contribution < -0.4 is 3.93 Å². The third-order valence-electron chi connectivity index (χ3n) is 2.47. The first-order valence-corrected chi connectivity index (χ1v) is 5.57. The van der Waals surface area contributed by atoms with E-state index in [-0.39, 0.29) is 11.5 Å². The second kappa shape index (κ2) is 4.04. The number of carbonyl (C=O) groups excluding carboxylic acids is 1. The lowest BCUT2D eigenvalue weighted by Gasteiger charge is -2.16. The lowest BCUT2D eigenvalue weighted by molar-refractivity contribution is -0.166. The average Bonchev–Trinajstić information content (AvgIpc) is 3.08. The van der Waals surface area contributed by atoms with E-state index >= 15 is 0 Å². The standard InChI is InChI=1S/C10H7BrF3N3O/c1-6(18)17(11)8-4-2-7(3-5-8)9(15-16-9)10(12,13)14/h2-5H,1H3. The number of benzene rings is 1. The normalized spacial score (nSPS) is 16.5. The molecule has 0 saturated carbocycles. The van der Waals surface area contributed by atoms with E-state index < -0.39 is 11.8 Å². The first-order chi connectivity index (χ1) is 8.28. The zero-order chi connectivity index (χ0) is 13.6. The average molecular weight is 322 g/mol. The van der Waals surface area contributed by atoms with Crippen LogP contribution in [0, 0.1) is 0 Å². The molecule has 2 rings (SSSR count). The van der Waals surface area contributed by atoms with Crippen LogP contribution in [0.5, 0.6) is 0 Å². The molecule has 1 aromatic rings. The lowest BCUT2D eigenvalue weighted by Crippen LogP contribution is -2.30. The van der Waals surface area contributed by atoms with Crippen molar-refractivity contribution < 1.29 is 18.0 Å². The van der Waals surface area contributed by atoms with E-state index in [2.05, 4.69) is 26.4 Å². The van der Waals surface area contributed by atoms with Crippen LogP contribution in [0.3, 0.4) is 0 Å². The van der Waals surface area contributed by atoms with E-state index in [4.69, 9.17) is 0 Å². The van der Waals surface area contributed by atoms with E-state index in [1.807, 2.05) is 0 Å². The Morgan fingerprint density at radius 2 is 1.78 bits per heavy atom. The Hall–Kier alpha value is -1.44. The third-order valence-corrected chi connectivity index (χ3v) is 3.38. The summed E-state index contributed by atoms with van der Waals surface area (Å²) < 4.78 is 39.3. The molecule has 0 bridgehead atoms. The van der Waals surface area contributed by atoms with E-state index in [1.54, 1.807) is 0 Å². The zero-order valence-corrected chi connectivity index (χ0v) is 10.7. The molecular formula is C10H7BrF3N3O. The van der Waals surface area contributed by atoms with Gasteiger partial charge in [-0.25, -0.2) is 3.93 Å². The fourth-order valence-corrected chi connectivity index (χ4v) is 1.69. The van der Waals surface area contributed by atoms with Crippen molar-refractivity contribution in [1.29, 1.82) is 0 Å². The Bertz CT molecular complexity index is 506. The molecule has 0 unspecified atom stereocenters. The number of carbonyl (C=O) groups is 1. The number of hydrogen-bond acceptors (Lipinski definition) is 3. The number of anilines is 1. The van der Waals surface area contributed by atoms with Gasteiger partial charge in [0.05, 0.1) is 21.8 Å². The number of halogens is 4. The predicted octanol–water partition coefficient (Wildman–Crippen LogP) is 3.53. The van der Waals surface area contributed by atoms with Crippen molar-refractivity contribution in [2.24, 2.45) is 10.2 Å². The van der Waals surface area contributed by atoms with Gasteiger partial charge in [0.25, 0.3) is 0 Å². The summed E-state index contributed by atoms with van der Waals surface area (Å²) in [5.74, 6) is -0.283. The van der Waals surface area contributed by atoms with Gasteiger partial charge in [0, 0.05) is 12.5 Å². The molecule has 0 aliphatic carbocycles. The molecule has 1 aromatic carbocycles.